The Morgan fingerprint density at radius 3 is 1.64 bits per heavy atom. The van der Waals surface area contributed by atoms with Crippen molar-refractivity contribution in [2.75, 3.05) is 23.0 Å². The van der Waals surface area contributed by atoms with Crippen LogP contribution in [-0.2, 0) is 14.3 Å². The second kappa shape index (κ2) is 7.55. The number of anilines is 2. The van der Waals surface area contributed by atoms with E-state index in [-0.39, 0.29) is 25.4 Å². The van der Waals surface area contributed by atoms with E-state index in [2.05, 4.69) is 0 Å². The van der Waals surface area contributed by atoms with Crippen molar-refractivity contribution in [3.05, 3.63) is 23.3 Å². The topological polar surface area (TPSA) is 76.2 Å². The minimum absolute atomic E-state index is 0.00952. The van der Waals surface area contributed by atoms with Gasteiger partial charge in [0.05, 0.1) is 24.6 Å². The zero-order valence-corrected chi connectivity index (χ0v) is 15.3. The number of hydrogen-bond acceptors (Lipinski definition) is 5. The molecule has 0 unspecified atom stereocenters. The van der Waals surface area contributed by atoms with E-state index in [0.717, 1.165) is 11.1 Å². The number of fused-ring (bicyclic) bond motifs is 1. The zero-order valence-electron chi connectivity index (χ0n) is 15.3. The third kappa shape index (κ3) is 3.60. The summed E-state index contributed by atoms with van der Waals surface area (Å²) in [7, 11) is 0. The van der Waals surface area contributed by atoms with Crippen molar-refractivity contribution in [3.8, 4) is 0 Å². The molecular weight excluding hydrogens is 324 g/mol. The molecule has 0 atom stereocenters. The van der Waals surface area contributed by atoms with E-state index in [1.165, 1.54) is 16.7 Å². The molecule has 1 aromatic rings. The Balaban J connectivity index is 2.61. The van der Waals surface area contributed by atoms with E-state index in [4.69, 9.17) is 9.47 Å². The highest BCUT2D eigenvalue weighted by molar-refractivity contribution is 6.06. The third-order valence-corrected chi connectivity index (χ3v) is 4.11. The maximum absolute atomic E-state index is 12.5. The molecule has 1 heterocycles. The predicted octanol–water partition coefficient (Wildman–Crippen LogP) is 3.55. The lowest BCUT2D eigenvalue weighted by molar-refractivity contribution is -0.117. The van der Waals surface area contributed by atoms with Gasteiger partial charge < -0.3 is 9.47 Å². The summed E-state index contributed by atoms with van der Waals surface area (Å²) in [4.78, 5) is 39.6. The molecule has 0 radical (unpaired) electrons. The van der Waals surface area contributed by atoms with Gasteiger partial charge in [0.1, 0.15) is 11.9 Å². The maximum Gasteiger partial charge on any atom is 0.416 e. The number of aryl methyl sites for hydroxylation is 2. The predicted molar refractivity (Wildman–Crippen MR) is 94.0 cm³/mol. The summed E-state index contributed by atoms with van der Waals surface area (Å²) in [6.45, 7) is 9.07. The van der Waals surface area contributed by atoms with E-state index < -0.39 is 18.4 Å². The Bertz CT molecular complexity index is 650. The second-order valence-corrected chi connectivity index (χ2v) is 5.95. The number of Topliss-reactive ketones (excluding diaryl/α,β-unsaturated/α-hetero) is 1. The monoisotopic (exact) mass is 348 g/mol. The van der Waals surface area contributed by atoms with Gasteiger partial charge in [-0.25, -0.2) is 9.59 Å². The molecule has 0 saturated carbocycles. The fourth-order valence-corrected chi connectivity index (χ4v) is 2.87. The molecule has 0 N–H and O–H groups in total. The average Bonchev–Trinajstić information content (AvgIpc) is 2.80. The molecule has 0 saturated heterocycles. The van der Waals surface area contributed by atoms with E-state index >= 15 is 0 Å². The lowest BCUT2D eigenvalue weighted by atomic mass is 10.1. The van der Waals surface area contributed by atoms with Crippen molar-refractivity contribution in [2.45, 2.75) is 47.2 Å². The van der Waals surface area contributed by atoms with Crippen molar-refractivity contribution in [1.82, 2.24) is 0 Å². The number of nitrogens with zero attached hydrogens (tertiary/aromatic N) is 2. The lowest BCUT2D eigenvalue weighted by Crippen LogP contribution is -2.50. The van der Waals surface area contributed by atoms with Gasteiger partial charge in [-0.05, 0) is 57.9 Å². The maximum atomic E-state index is 12.5. The van der Waals surface area contributed by atoms with Crippen LogP contribution in [-0.4, -0.2) is 37.3 Å². The van der Waals surface area contributed by atoms with Crippen LogP contribution in [0.15, 0.2) is 12.1 Å². The first-order valence-electron chi connectivity index (χ1n) is 8.34. The number of rotatable bonds is 4. The Hall–Kier alpha value is -2.57. The molecule has 0 fully saturated rings. The van der Waals surface area contributed by atoms with Gasteiger partial charge in [0.15, 0.2) is 0 Å². The Morgan fingerprint density at radius 2 is 1.32 bits per heavy atom. The van der Waals surface area contributed by atoms with E-state index in [9.17, 15) is 14.4 Å². The molecule has 1 aliphatic rings. The van der Waals surface area contributed by atoms with Crippen LogP contribution in [0.2, 0.25) is 0 Å². The van der Waals surface area contributed by atoms with E-state index in [1.54, 1.807) is 13.8 Å². The SMILES string of the molecule is CCOC(=O)N1c2cc(C)c(C)cc2N(C(=O)OCC)C1CC(C)=O. The minimum Gasteiger partial charge on any atom is -0.449 e. The number of benzene rings is 1. The molecule has 1 aromatic carbocycles. The van der Waals surface area contributed by atoms with Crippen molar-refractivity contribution >= 4 is 29.3 Å². The number of hydrogen-bond donors (Lipinski definition) is 0. The lowest BCUT2D eigenvalue weighted by Gasteiger charge is -2.28. The number of ether oxygens (including phenoxy) is 2. The summed E-state index contributed by atoms with van der Waals surface area (Å²) in [6, 6.07) is 3.65. The summed E-state index contributed by atoms with van der Waals surface area (Å²) < 4.78 is 10.3. The van der Waals surface area contributed by atoms with Crippen LogP contribution in [0.5, 0.6) is 0 Å². The largest absolute Gasteiger partial charge is 0.449 e. The molecule has 1 aliphatic heterocycles. The molecule has 0 bridgehead atoms. The normalized spacial score (nSPS) is 13.6. The van der Waals surface area contributed by atoms with Gasteiger partial charge in [-0.1, -0.05) is 0 Å². The smallest absolute Gasteiger partial charge is 0.416 e. The molecule has 2 rings (SSSR count). The number of ketones is 1. The van der Waals surface area contributed by atoms with Crippen molar-refractivity contribution < 1.29 is 23.9 Å². The summed E-state index contributed by atoms with van der Waals surface area (Å²) in [5.41, 5.74) is 3.03. The summed E-state index contributed by atoms with van der Waals surface area (Å²) >= 11 is 0. The van der Waals surface area contributed by atoms with Crippen LogP contribution < -0.4 is 9.80 Å². The number of carbonyl (C=O) groups excluding carboxylic acids is 3. The molecule has 136 valence electrons. The molecule has 2 amide bonds. The van der Waals surface area contributed by atoms with Crippen LogP contribution in [0.4, 0.5) is 21.0 Å². The summed E-state index contributed by atoms with van der Waals surface area (Å²) in [5.74, 6) is -0.144. The van der Waals surface area contributed by atoms with Crippen molar-refractivity contribution in [1.29, 1.82) is 0 Å². The number of amides is 2. The highest BCUT2D eigenvalue weighted by Gasteiger charge is 2.45. The van der Waals surface area contributed by atoms with Gasteiger partial charge in [-0.2, -0.15) is 0 Å². The van der Waals surface area contributed by atoms with Crippen LogP contribution >= 0.6 is 0 Å². The fourth-order valence-electron chi connectivity index (χ4n) is 2.87. The summed E-state index contributed by atoms with van der Waals surface area (Å²) in [6.07, 6.45) is -1.99. The van der Waals surface area contributed by atoms with Gasteiger partial charge >= 0.3 is 12.2 Å². The molecule has 0 aromatic heterocycles. The first-order chi connectivity index (χ1) is 11.8. The van der Waals surface area contributed by atoms with Gasteiger partial charge in [-0.3, -0.25) is 14.6 Å². The molecule has 7 nitrogen and oxygen atoms in total. The van der Waals surface area contributed by atoms with Crippen LogP contribution in [0.1, 0.15) is 38.3 Å². The van der Waals surface area contributed by atoms with Gasteiger partial charge in [0.2, 0.25) is 0 Å². The van der Waals surface area contributed by atoms with Crippen LogP contribution in [0, 0.1) is 13.8 Å². The minimum atomic E-state index is -0.799. The molecule has 0 spiro atoms. The molecule has 7 heteroatoms. The summed E-state index contributed by atoms with van der Waals surface area (Å²) in [5, 5.41) is 0. The standard InChI is InChI=1S/C18H24N2O5/c1-6-24-17(22)19-14-8-11(3)12(4)9-15(14)20(18(23)25-7-2)16(19)10-13(5)21/h8-9,16H,6-7,10H2,1-5H3. The molecule has 0 aliphatic carbocycles. The van der Waals surface area contributed by atoms with Gasteiger partial charge in [-0.15, -0.1) is 0 Å². The van der Waals surface area contributed by atoms with Crippen LogP contribution in [0.25, 0.3) is 0 Å². The first kappa shape index (κ1) is 18.8. The van der Waals surface area contributed by atoms with Gasteiger partial charge in [0, 0.05) is 6.42 Å². The Kier molecular flexibility index (Phi) is 5.66. The quantitative estimate of drug-likeness (QED) is 0.832. The number of carbonyl (C=O) groups is 3. The Morgan fingerprint density at radius 1 is 0.920 bits per heavy atom. The first-order valence-corrected chi connectivity index (χ1v) is 8.34. The van der Waals surface area contributed by atoms with E-state index in [0.29, 0.717) is 11.4 Å². The molecular formula is C18H24N2O5. The average molecular weight is 348 g/mol. The third-order valence-electron chi connectivity index (χ3n) is 4.11. The van der Waals surface area contributed by atoms with E-state index in [1.807, 2.05) is 26.0 Å². The van der Waals surface area contributed by atoms with Crippen molar-refractivity contribution in [3.63, 3.8) is 0 Å². The van der Waals surface area contributed by atoms with Gasteiger partial charge in [0.25, 0.3) is 0 Å². The molecule has 25 heavy (non-hydrogen) atoms. The van der Waals surface area contributed by atoms with Crippen LogP contribution in [0.3, 0.4) is 0 Å². The van der Waals surface area contributed by atoms with Crippen molar-refractivity contribution in [2.24, 2.45) is 0 Å². The zero-order chi connectivity index (χ0) is 18.7. The fraction of sp³-hybridized carbons (Fsp3) is 0.500. The second-order valence-electron chi connectivity index (χ2n) is 5.95. The highest BCUT2D eigenvalue weighted by Crippen LogP contribution is 2.43. The highest BCUT2D eigenvalue weighted by atomic mass is 16.6. The Labute approximate surface area is 147 Å².